The van der Waals surface area contributed by atoms with Gasteiger partial charge in [0.1, 0.15) is 0 Å². The van der Waals surface area contributed by atoms with Crippen molar-refractivity contribution in [1.82, 2.24) is 15.5 Å². The molecule has 1 amide bonds. The first-order valence-corrected chi connectivity index (χ1v) is 9.22. The van der Waals surface area contributed by atoms with Gasteiger partial charge < -0.3 is 10.2 Å². The zero-order valence-electron chi connectivity index (χ0n) is 15.2. The van der Waals surface area contributed by atoms with Crippen LogP contribution >= 0.6 is 0 Å². The highest BCUT2D eigenvalue weighted by Crippen LogP contribution is 2.24. The average molecular weight is 382 g/mol. The molecule has 2 N–H and O–H groups in total. The van der Waals surface area contributed by atoms with Gasteiger partial charge in [-0.1, -0.05) is 30.3 Å². The number of aromatic nitrogens is 2. The molecular weight excluding hydrogens is 362 g/mol. The maximum absolute atomic E-state index is 13.3. The number of rotatable bonds is 4. The molecule has 3 aromatic rings. The van der Waals surface area contributed by atoms with Crippen LogP contribution in [-0.2, 0) is 0 Å². The zero-order valence-corrected chi connectivity index (χ0v) is 15.2. The Morgan fingerprint density at radius 1 is 1.04 bits per heavy atom. The number of amides is 1. The quantitative estimate of drug-likeness (QED) is 0.722. The summed E-state index contributed by atoms with van der Waals surface area (Å²) >= 11 is 0. The van der Waals surface area contributed by atoms with E-state index in [2.05, 4.69) is 20.4 Å². The summed E-state index contributed by atoms with van der Waals surface area (Å²) in [5.41, 5.74) is 2.17. The monoisotopic (exact) mass is 382 g/mol. The van der Waals surface area contributed by atoms with Gasteiger partial charge in [0.05, 0.1) is 5.69 Å². The predicted molar refractivity (Wildman–Crippen MR) is 103 cm³/mol. The number of carbonyl (C=O) groups excluding carboxylic acids is 1. The Labute approximate surface area is 161 Å². The standard InChI is InChI=1S/C21H20F2N4O/c22-17-7-6-15(12-18(17)23)21(28)24-16-8-10-27(11-9-16)20-13-19(25-26-20)14-4-2-1-3-5-14/h1-7,12-13,16H,8-11H2,(H,24,28)(H,25,26). The van der Waals surface area contributed by atoms with Gasteiger partial charge in [-0.25, -0.2) is 8.78 Å². The molecule has 2 heterocycles. The first kappa shape index (κ1) is 18.2. The predicted octanol–water partition coefficient (Wildman–Crippen LogP) is 3.75. The van der Waals surface area contributed by atoms with Crippen LogP contribution in [0.5, 0.6) is 0 Å². The Kier molecular flexibility index (Phi) is 5.06. The van der Waals surface area contributed by atoms with Crippen LogP contribution in [0.15, 0.2) is 54.6 Å². The number of H-pyrrole nitrogens is 1. The van der Waals surface area contributed by atoms with E-state index in [1.54, 1.807) is 0 Å². The van der Waals surface area contributed by atoms with Crippen molar-refractivity contribution in [2.45, 2.75) is 18.9 Å². The number of piperidine rings is 1. The highest BCUT2D eigenvalue weighted by atomic mass is 19.2. The number of nitrogens with zero attached hydrogens (tertiary/aromatic N) is 2. The number of aromatic amines is 1. The summed E-state index contributed by atoms with van der Waals surface area (Å²) in [6, 6.07) is 15.2. The van der Waals surface area contributed by atoms with Crippen molar-refractivity contribution in [2.75, 3.05) is 18.0 Å². The van der Waals surface area contributed by atoms with Crippen LogP contribution in [0.2, 0.25) is 0 Å². The molecule has 0 unspecified atom stereocenters. The van der Waals surface area contributed by atoms with E-state index < -0.39 is 11.6 Å². The Hall–Kier alpha value is -3.22. The van der Waals surface area contributed by atoms with Gasteiger partial charge in [0.25, 0.3) is 5.91 Å². The highest BCUT2D eigenvalue weighted by molar-refractivity contribution is 5.94. The first-order valence-electron chi connectivity index (χ1n) is 9.22. The van der Waals surface area contributed by atoms with E-state index in [1.807, 2.05) is 36.4 Å². The summed E-state index contributed by atoms with van der Waals surface area (Å²) in [4.78, 5) is 14.4. The molecule has 1 fully saturated rings. The minimum Gasteiger partial charge on any atom is -0.355 e. The molecule has 1 aliphatic rings. The SMILES string of the molecule is O=C(NC1CCN(c2cc(-c3ccccc3)[nH]n2)CC1)c1ccc(F)c(F)c1. The summed E-state index contributed by atoms with van der Waals surface area (Å²) in [6.45, 7) is 1.50. The summed E-state index contributed by atoms with van der Waals surface area (Å²) in [5, 5.41) is 10.4. The van der Waals surface area contributed by atoms with Crippen molar-refractivity contribution >= 4 is 11.7 Å². The smallest absolute Gasteiger partial charge is 0.251 e. The fraction of sp³-hybridized carbons (Fsp3) is 0.238. The van der Waals surface area contributed by atoms with E-state index in [-0.39, 0.29) is 17.5 Å². The normalized spacial score (nSPS) is 14.9. The Morgan fingerprint density at radius 3 is 2.50 bits per heavy atom. The first-order chi connectivity index (χ1) is 13.6. The molecule has 1 saturated heterocycles. The molecule has 0 saturated carbocycles. The zero-order chi connectivity index (χ0) is 19.5. The Morgan fingerprint density at radius 2 is 1.79 bits per heavy atom. The minimum absolute atomic E-state index is 0.00981. The van der Waals surface area contributed by atoms with Crippen LogP contribution in [0.1, 0.15) is 23.2 Å². The molecule has 144 valence electrons. The second-order valence-corrected chi connectivity index (χ2v) is 6.87. The third-order valence-electron chi connectivity index (χ3n) is 4.99. The molecule has 0 atom stereocenters. The van der Waals surface area contributed by atoms with E-state index in [0.717, 1.165) is 55.1 Å². The van der Waals surface area contributed by atoms with Crippen molar-refractivity contribution in [3.63, 3.8) is 0 Å². The lowest BCUT2D eigenvalue weighted by Crippen LogP contribution is -2.44. The van der Waals surface area contributed by atoms with Gasteiger partial charge in [-0.2, -0.15) is 5.10 Å². The van der Waals surface area contributed by atoms with Gasteiger partial charge in [-0.05, 0) is 36.6 Å². The second kappa shape index (κ2) is 7.80. The van der Waals surface area contributed by atoms with Crippen LogP contribution in [0.3, 0.4) is 0 Å². The number of carbonyl (C=O) groups is 1. The molecule has 28 heavy (non-hydrogen) atoms. The third-order valence-corrected chi connectivity index (χ3v) is 4.99. The van der Waals surface area contributed by atoms with Gasteiger partial charge in [-0.15, -0.1) is 0 Å². The number of hydrogen-bond acceptors (Lipinski definition) is 3. The second-order valence-electron chi connectivity index (χ2n) is 6.87. The van der Waals surface area contributed by atoms with Gasteiger partial charge in [0.15, 0.2) is 17.5 Å². The Bertz CT molecular complexity index is 966. The lowest BCUT2D eigenvalue weighted by molar-refractivity contribution is 0.0930. The van der Waals surface area contributed by atoms with Gasteiger partial charge in [0.2, 0.25) is 0 Å². The number of hydrogen-bond donors (Lipinski definition) is 2. The summed E-state index contributed by atoms with van der Waals surface area (Å²) in [5.74, 6) is -1.48. The number of nitrogens with one attached hydrogen (secondary N) is 2. The maximum atomic E-state index is 13.3. The van der Waals surface area contributed by atoms with E-state index in [0.29, 0.717) is 0 Å². The topological polar surface area (TPSA) is 61.0 Å². The number of halogens is 2. The molecule has 1 aromatic heterocycles. The van der Waals surface area contributed by atoms with Crippen molar-refractivity contribution in [1.29, 1.82) is 0 Å². The Balaban J connectivity index is 1.34. The molecule has 4 rings (SSSR count). The number of anilines is 1. The fourth-order valence-electron chi connectivity index (χ4n) is 3.40. The lowest BCUT2D eigenvalue weighted by atomic mass is 10.0. The molecule has 0 bridgehead atoms. The fourth-order valence-corrected chi connectivity index (χ4v) is 3.40. The van der Waals surface area contributed by atoms with Crippen molar-refractivity contribution < 1.29 is 13.6 Å². The van der Waals surface area contributed by atoms with Gasteiger partial charge in [-0.3, -0.25) is 9.89 Å². The molecule has 2 aromatic carbocycles. The van der Waals surface area contributed by atoms with Crippen molar-refractivity contribution in [2.24, 2.45) is 0 Å². The molecule has 0 aliphatic carbocycles. The third kappa shape index (κ3) is 3.88. The van der Waals surface area contributed by atoms with Crippen LogP contribution in [0.25, 0.3) is 11.3 Å². The molecule has 5 nitrogen and oxygen atoms in total. The largest absolute Gasteiger partial charge is 0.355 e. The van der Waals surface area contributed by atoms with E-state index >= 15 is 0 Å². The maximum Gasteiger partial charge on any atom is 0.251 e. The van der Waals surface area contributed by atoms with Gasteiger partial charge in [0, 0.05) is 30.8 Å². The highest BCUT2D eigenvalue weighted by Gasteiger charge is 2.23. The lowest BCUT2D eigenvalue weighted by Gasteiger charge is -2.32. The number of benzene rings is 2. The average Bonchev–Trinajstić information content (AvgIpc) is 3.21. The van der Waals surface area contributed by atoms with E-state index in [9.17, 15) is 13.6 Å². The molecule has 7 heteroatoms. The van der Waals surface area contributed by atoms with Crippen molar-refractivity contribution in [3.8, 4) is 11.3 Å². The molecule has 1 aliphatic heterocycles. The molecular formula is C21H20F2N4O. The van der Waals surface area contributed by atoms with Crippen LogP contribution in [0.4, 0.5) is 14.6 Å². The van der Waals surface area contributed by atoms with Crippen molar-refractivity contribution in [3.05, 3.63) is 71.8 Å². The minimum atomic E-state index is -1.02. The van der Waals surface area contributed by atoms with E-state index in [1.165, 1.54) is 6.07 Å². The van der Waals surface area contributed by atoms with Crippen LogP contribution in [0, 0.1) is 11.6 Å². The van der Waals surface area contributed by atoms with E-state index in [4.69, 9.17) is 0 Å². The van der Waals surface area contributed by atoms with Crippen LogP contribution in [-0.4, -0.2) is 35.2 Å². The molecule has 0 spiro atoms. The summed E-state index contributed by atoms with van der Waals surface area (Å²) < 4.78 is 26.3. The summed E-state index contributed by atoms with van der Waals surface area (Å²) in [7, 11) is 0. The molecule has 0 radical (unpaired) electrons. The van der Waals surface area contributed by atoms with Gasteiger partial charge >= 0.3 is 0 Å². The summed E-state index contributed by atoms with van der Waals surface area (Å²) in [6.07, 6.45) is 1.51. The van der Waals surface area contributed by atoms with Crippen LogP contribution < -0.4 is 10.2 Å².